The van der Waals surface area contributed by atoms with Gasteiger partial charge in [0, 0.05) is 10.7 Å². The van der Waals surface area contributed by atoms with E-state index in [4.69, 9.17) is 5.84 Å². The Morgan fingerprint density at radius 3 is 2.61 bits per heavy atom. The van der Waals surface area contributed by atoms with Gasteiger partial charge in [-0.2, -0.15) is 0 Å². The number of hydrogen-bond acceptors (Lipinski definition) is 3. The van der Waals surface area contributed by atoms with E-state index in [9.17, 15) is 0 Å². The zero-order valence-corrected chi connectivity index (χ0v) is 12.0. The predicted molar refractivity (Wildman–Crippen MR) is 80.6 cm³/mol. The quantitative estimate of drug-likeness (QED) is 0.604. The third-order valence-electron chi connectivity index (χ3n) is 3.81. The van der Waals surface area contributed by atoms with Gasteiger partial charge >= 0.3 is 0 Å². The van der Waals surface area contributed by atoms with E-state index in [-0.39, 0.29) is 6.04 Å². The summed E-state index contributed by atoms with van der Waals surface area (Å²) in [5.41, 5.74) is 4.35. The van der Waals surface area contributed by atoms with Crippen LogP contribution in [0.3, 0.4) is 0 Å². The van der Waals surface area contributed by atoms with Crippen LogP contribution in [0.1, 0.15) is 44.7 Å². The zero-order chi connectivity index (χ0) is 13.0. The van der Waals surface area contributed by atoms with Crippen molar-refractivity contribution >= 4 is 21.4 Å². The van der Waals surface area contributed by atoms with Gasteiger partial charge in [0.05, 0.1) is 0 Å². The largest absolute Gasteiger partial charge is 0.271 e. The van der Waals surface area contributed by atoms with E-state index in [0.717, 1.165) is 12.3 Å². The molecule has 2 aromatic rings. The molecule has 1 aromatic heterocycles. The van der Waals surface area contributed by atoms with Gasteiger partial charge in [-0.15, -0.1) is 11.3 Å². The first-order chi connectivity index (χ1) is 8.80. The third kappa shape index (κ3) is 2.74. The summed E-state index contributed by atoms with van der Waals surface area (Å²) < 4.78 is 1.34. The first-order valence-corrected chi connectivity index (χ1v) is 7.60. The summed E-state index contributed by atoms with van der Waals surface area (Å²) in [6.45, 7) is 4.51. The molecule has 0 aliphatic heterocycles. The average molecular weight is 262 g/mol. The van der Waals surface area contributed by atoms with Crippen LogP contribution < -0.4 is 11.3 Å². The molecule has 0 fully saturated rings. The first kappa shape index (κ1) is 13.5. The molecule has 0 bridgehead atoms. The van der Waals surface area contributed by atoms with E-state index in [1.54, 1.807) is 11.3 Å². The second kappa shape index (κ2) is 6.32. The molecule has 98 valence electrons. The number of thiophene rings is 1. The number of rotatable bonds is 6. The molecule has 0 amide bonds. The lowest BCUT2D eigenvalue weighted by Gasteiger charge is -2.21. The second-order valence-electron chi connectivity index (χ2n) is 4.82. The van der Waals surface area contributed by atoms with Crippen LogP contribution in [-0.2, 0) is 0 Å². The molecule has 18 heavy (non-hydrogen) atoms. The molecule has 1 unspecified atom stereocenters. The van der Waals surface area contributed by atoms with Gasteiger partial charge in [0.25, 0.3) is 0 Å². The standard InChI is InChI=1S/C15H22N2S/c1-3-11(4-2)9-14(17-16)13-10-18-15-8-6-5-7-12(13)15/h5-8,10-11,14,17H,3-4,9,16H2,1-2H3. The summed E-state index contributed by atoms with van der Waals surface area (Å²) in [6.07, 6.45) is 3.55. The summed E-state index contributed by atoms with van der Waals surface area (Å²) in [7, 11) is 0. The van der Waals surface area contributed by atoms with E-state index in [1.807, 2.05) is 0 Å². The van der Waals surface area contributed by atoms with Gasteiger partial charge in [-0.3, -0.25) is 11.3 Å². The summed E-state index contributed by atoms with van der Waals surface area (Å²) in [5, 5.41) is 3.59. The minimum Gasteiger partial charge on any atom is -0.271 e. The molecule has 1 heterocycles. The van der Waals surface area contributed by atoms with Gasteiger partial charge in [-0.25, -0.2) is 0 Å². The van der Waals surface area contributed by atoms with Gasteiger partial charge in [0.2, 0.25) is 0 Å². The Morgan fingerprint density at radius 1 is 1.22 bits per heavy atom. The summed E-state index contributed by atoms with van der Waals surface area (Å²) in [5.74, 6) is 6.51. The number of fused-ring (bicyclic) bond motifs is 1. The van der Waals surface area contributed by atoms with E-state index in [0.29, 0.717) is 0 Å². The Hall–Kier alpha value is -0.900. The van der Waals surface area contributed by atoms with Gasteiger partial charge in [-0.05, 0) is 34.7 Å². The highest BCUT2D eigenvalue weighted by Crippen LogP contribution is 2.33. The van der Waals surface area contributed by atoms with Crippen LogP contribution in [-0.4, -0.2) is 0 Å². The SMILES string of the molecule is CCC(CC)CC(NN)c1csc2ccccc12. The van der Waals surface area contributed by atoms with Gasteiger partial charge in [0.1, 0.15) is 0 Å². The molecule has 0 saturated heterocycles. The van der Waals surface area contributed by atoms with Crippen molar-refractivity contribution in [2.45, 2.75) is 39.2 Å². The lowest BCUT2D eigenvalue weighted by atomic mass is 9.91. The van der Waals surface area contributed by atoms with Crippen LogP contribution >= 0.6 is 11.3 Å². The molecular formula is C15H22N2S. The molecule has 2 nitrogen and oxygen atoms in total. The fraction of sp³-hybridized carbons (Fsp3) is 0.467. The minimum absolute atomic E-state index is 0.269. The van der Waals surface area contributed by atoms with E-state index in [1.165, 1.54) is 28.5 Å². The topological polar surface area (TPSA) is 38.0 Å². The van der Waals surface area contributed by atoms with Crippen LogP contribution in [0.15, 0.2) is 29.6 Å². The van der Waals surface area contributed by atoms with Crippen molar-refractivity contribution in [3.05, 3.63) is 35.2 Å². The van der Waals surface area contributed by atoms with Crippen molar-refractivity contribution in [2.24, 2.45) is 11.8 Å². The number of nitrogens with one attached hydrogen (secondary N) is 1. The van der Waals surface area contributed by atoms with Crippen LogP contribution in [0.25, 0.3) is 10.1 Å². The van der Waals surface area contributed by atoms with Crippen LogP contribution in [0, 0.1) is 5.92 Å². The van der Waals surface area contributed by atoms with E-state index < -0.39 is 0 Å². The van der Waals surface area contributed by atoms with Crippen molar-refractivity contribution < 1.29 is 0 Å². The van der Waals surface area contributed by atoms with Gasteiger partial charge in [-0.1, -0.05) is 44.9 Å². The van der Waals surface area contributed by atoms with Crippen molar-refractivity contribution in [2.75, 3.05) is 0 Å². The maximum atomic E-state index is 5.77. The van der Waals surface area contributed by atoms with Crippen molar-refractivity contribution in [3.63, 3.8) is 0 Å². The van der Waals surface area contributed by atoms with Crippen LogP contribution in [0.2, 0.25) is 0 Å². The zero-order valence-electron chi connectivity index (χ0n) is 11.1. The molecule has 3 N–H and O–H groups in total. The molecule has 1 atom stereocenters. The Labute approximate surface area is 113 Å². The van der Waals surface area contributed by atoms with Crippen LogP contribution in [0.5, 0.6) is 0 Å². The highest BCUT2D eigenvalue weighted by atomic mass is 32.1. The lowest BCUT2D eigenvalue weighted by Crippen LogP contribution is -2.29. The van der Waals surface area contributed by atoms with Crippen molar-refractivity contribution in [3.8, 4) is 0 Å². The molecule has 3 heteroatoms. The Balaban J connectivity index is 2.26. The number of hydrazine groups is 1. The number of benzene rings is 1. The van der Waals surface area contributed by atoms with Gasteiger partial charge < -0.3 is 0 Å². The monoisotopic (exact) mass is 262 g/mol. The first-order valence-electron chi connectivity index (χ1n) is 6.72. The second-order valence-corrected chi connectivity index (χ2v) is 5.74. The predicted octanol–water partition coefficient (Wildman–Crippen LogP) is 4.23. The Morgan fingerprint density at radius 2 is 1.94 bits per heavy atom. The molecule has 0 aliphatic rings. The van der Waals surface area contributed by atoms with Crippen molar-refractivity contribution in [1.29, 1.82) is 0 Å². The molecule has 1 aromatic carbocycles. The lowest BCUT2D eigenvalue weighted by molar-refractivity contribution is 0.376. The molecule has 0 spiro atoms. The van der Waals surface area contributed by atoms with E-state index in [2.05, 4.69) is 48.9 Å². The molecule has 0 saturated carbocycles. The van der Waals surface area contributed by atoms with Gasteiger partial charge in [0.15, 0.2) is 0 Å². The maximum Gasteiger partial charge on any atom is 0.0477 e. The minimum atomic E-state index is 0.269. The summed E-state index contributed by atoms with van der Waals surface area (Å²) >= 11 is 1.80. The molecule has 0 aliphatic carbocycles. The fourth-order valence-electron chi connectivity index (χ4n) is 2.51. The Bertz CT molecular complexity index is 488. The average Bonchev–Trinajstić information content (AvgIpc) is 2.84. The Kier molecular flexibility index (Phi) is 4.75. The summed E-state index contributed by atoms with van der Waals surface area (Å²) in [4.78, 5) is 0. The highest BCUT2D eigenvalue weighted by Gasteiger charge is 2.17. The highest BCUT2D eigenvalue weighted by molar-refractivity contribution is 7.17. The summed E-state index contributed by atoms with van der Waals surface area (Å²) in [6, 6.07) is 8.83. The smallest absolute Gasteiger partial charge is 0.0477 e. The molecular weight excluding hydrogens is 240 g/mol. The number of hydrogen-bond donors (Lipinski definition) is 2. The molecule has 2 rings (SSSR count). The fourth-order valence-corrected chi connectivity index (χ4v) is 3.52. The van der Waals surface area contributed by atoms with Crippen molar-refractivity contribution in [1.82, 2.24) is 5.43 Å². The van der Waals surface area contributed by atoms with E-state index >= 15 is 0 Å². The molecule has 0 radical (unpaired) electrons. The third-order valence-corrected chi connectivity index (χ3v) is 4.79. The number of nitrogens with two attached hydrogens (primary N) is 1. The maximum absolute atomic E-state index is 5.77. The van der Waals surface area contributed by atoms with Crippen LogP contribution in [0.4, 0.5) is 0 Å². The normalized spacial score (nSPS) is 13.3.